The van der Waals surface area contributed by atoms with E-state index in [9.17, 15) is 9.59 Å². The summed E-state index contributed by atoms with van der Waals surface area (Å²) in [5, 5.41) is -0.420. The van der Waals surface area contributed by atoms with Gasteiger partial charge in [-0.2, -0.15) is 0 Å². The Morgan fingerprint density at radius 2 is 1.65 bits per heavy atom. The molecule has 0 spiro atoms. The lowest BCUT2D eigenvalue weighted by Gasteiger charge is -2.07. The Kier molecular flexibility index (Phi) is 4.53. The number of fused-ring (bicyclic) bond motifs is 1. The van der Waals surface area contributed by atoms with Crippen LogP contribution in [0.15, 0.2) is 54.6 Å². The molecule has 0 fully saturated rings. The molecule has 0 saturated carbocycles. The van der Waals surface area contributed by atoms with E-state index in [2.05, 4.69) is 4.98 Å². The van der Waals surface area contributed by atoms with Crippen molar-refractivity contribution in [2.45, 2.75) is 19.3 Å². The molecule has 2 aromatic carbocycles. The Labute approximate surface area is 138 Å². The van der Waals surface area contributed by atoms with Gasteiger partial charge in [-0.05, 0) is 30.2 Å². The molecule has 3 aromatic rings. The molecule has 1 heterocycles. The number of hydrogen-bond acceptors (Lipinski definition) is 3. The van der Waals surface area contributed by atoms with Crippen LogP contribution in [0.1, 0.15) is 24.1 Å². The maximum atomic E-state index is 12.7. The third kappa shape index (κ3) is 3.32. The van der Waals surface area contributed by atoms with Crippen molar-refractivity contribution in [3.05, 3.63) is 54.6 Å². The van der Waals surface area contributed by atoms with E-state index in [0.29, 0.717) is 12.2 Å². The molecular weight excluding hydrogens is 312 g/mol. The Balaban J connectivity index is 2.03. The highest BCUT2D eigenvalue weighted by atomic mass is 35.5. The van der Waals surface area contributed by atoms with E-state index in [1.807, 2.05) is 54.6 Å². The molecule has 0 atom stereocenters. The molecule has 0 saturated heterocycles. The average Bonchev–Trinajstić information content (AvgIpc) is 2.94. The first-order chi connectivity index (χ1) is 11.2. The third-order valence-corrected chi connectivity index (χ3v) is 3.80. The summed E-state index contributed by atoms with van der Waals surface area (Å²) in [5.41, 5.74) is 2.42. The van der Waals surface area contributed by atoms with Crippen LogP contribution in [0.4, 0.5) is 0 Å². The van der Waals surface area contributed by atoms with E-state index in [0.717, 1.165) is 16.6 Å². The van der Waals surface area contributed by atoms with Gasteiger partial charge in [0.25, 0.3) is 0 Å². The number of nitrogens with zero attached hydrogens (tertiary/aromatic N) is 2. The summed E-state index contributed by atoms with van der Waals surface area (Å²) >= 11 is 5.34. The second kappa shape index (κ2) is 6.75. The first-order valence-electron chi connectivity index (χ1n) is 7.41. The minimum absolute atomic E-state index is 0.0875. The lowest BCUT2D eigenvalue weighted by atomic mass is 10.2. The zero-order valence-corrected chi connectivity index (χ0v) is 13.2. The van der Waals surface area contributed by atoms with Crippen molar-refractivity contribution in [3.63, 3.8) is 0 Å². The molecule has 116 valence electrons. The van der Waals surface area contributed by atoms with Crippen molar-refractivity contribution >= 4 is 33.8 Å². The Morgan fingerprint density at radius 1 is 0.957 bits per heavy atom. The van der Waals surface area contributed by atoms with E-state index < -0.39 is 5.24 Å². The van der Waals surface area contributed by atoms with E-state index in [1.54, 1.807) is 4.57 Å². The van der Waals surface area contributed by atoms with E-state index in [1.165, 1.54) is 0 Å². The molecule has 0 aliphatic rings. The van der Waals surface area contributed by atoms with Gasteiger partial charge in [0, 0.05) is 18.4 Å². The molecule has 5 heteroatoms. The highest BCUT2D eigenvalue weighted by Crippen LogP contribution is 2.25. The molecule has 0 N–H and O–H groups in total. The van der Waals surface area contributed by atoms with Crippen LogP contribution in [0, 0.1) is 0 Å². The highest BCUT2D eigenvalue weighted by Gasteiger charge is 2.17. The minimum Gasteiger partial charge on any atom is -0.281 e. The van der Waals surface area contributed by atoms with Crippen LogP contribution in [-0.4, -0.2) is 20.7 Å². The summed E-state index contributed by atoms with van der Waals surface area (Å²) < 4.78 is 1.63. The smallest absolute Gasteiger partial charge is 0.232 e. The molecule has 0 radical (unpaired) electrons. The molecular formula is C18H15ClN2O2. The molecule has 0 amide bonds. The van der Waals surface area contributed by atoms with E-state index >= 15 is 0 Å². The predicted molar refractivity (Wildman–Crippen MR) is 90.5 cm³/mol. The van der Waals surface area contributed by atoms with Gasteiger partial charge < -0.3 is 0 Å². The Hall–Kier alpha value is -2.46. The number of carbonyl (C=O) groups is 2. The highest BCUT2D eigenvalue weighted by molar-refractivity contribution is 6.63. The summed E-state index contributed by atoms with van der Waals surface area (Å²) in [4.78, 5) is 28.1. The summed E-state index contributed by atoms with van der Waals surface area (Å²) in [6.45, 7) is 0. The normalized spacial score (nSPS) is 10.8. The first-order valence-corrected chi connectivity index (χ1v) is 7.79. The molecule has 1 aromatic heterocycles. The minimum atomic E-state index is -0.420. The number of imidazole rings is 1. The summed E-state index contributed by atoms with van der Waals surface area (Å²) in [7, 11) is 0. The van der Waals surface area contributed by atoms with Gasteiger partial charge in [0.2, 0.25) is 11.1 Å². The van der Waals surface area contributed by atoms with Crippen molar-refractivity contribution in [1.29, 1.82) is 0 Å². The molecule has 0 aliphatic carbocycles. The summed E-state index contributed by atoms with van der Waals surface area (Å²) in [5.74, 6) is 0.532. The fourth-order valence-corrected chi connectivity index (χ4v) is 2.68. The quantitative estimate of drug-likeness (QED) is 0.657. The number of hydrogen-bond donors (Lipinski definition) is 0. The van der Waals surface area contributed by atoms with Crippen molar-refractivity contribution in [1.82, 2.24) is 9.55 Å². The standard InChI is InChI=1S/C18H15ClN2O2/c19-16(22)11-6-12-17(23)21-15-10-5-4-9-14(15)20-18(21)13-7-2-1-3-8-13/h1-5,7-10H,6,11-12H2. The molecule has 3 rings (SSSR count). The van der Waals surface area contributed by atoms with Crippen molar-refractivity contribution in [2.24, 2.45) is 0 Å². The molecule has 23 heavy (non-hydrogen) atoms. The number of rotatable bonds is 5. The van der Waals surface area contributed by atoms with Crippen LogP contribution < -0.4 is 0 Å². The largest absolute Gasteiger partial charge is 0.281 e. The number of aromatic nitrogens is 2. The van der Waals surface area contributed by atoms with Crippen molar-refractivity contribution in [3.8, 4) is 11.4 Å². The SMILES string of the molecule is O=C(Cl)CCCC(=O)n1c(-c2ccccc2)nc2ccccc21. The number of benzene rings is 2. The molecule has 0 aliphatic heterocycles. The lowest BCUT2D eigenvalue weighted by Crippen LogP contribution is -2.12. The number of carbonyl (C=O) groups excluding carboxylic acids is 2. The van der Waals surface area contributed by atoms with Crippen LogP contribution >= 0.6 is 11.6 Å². The van der Waals surface area contributed by atoms with Gasteiger partial charge in [-0.3, -0.25) is 14.2 Å². The average molecular weight is 327 g/mol. The topological polar surface area (TPSA) is 52.0 Å². The van der Waals surface area contributed by atoms with Crippen molar-refractivity contribution in [2.75, 3.05) is 0 Å². The first kappa shape index (κ1) is 15.4. The zero-order chi connectivity index (χ0) is 16.2. The van der Waals surface area contributed by atoms with Gasteiger partial charge in [-0.25, -0.2) is 4.98 Å². The zero-order valence-electron chi connectivity index (χ0n) is 12.4. The van der Waals surface area contributed by atoms with Gasteiger partial charge >= 0.3 is 0 Å². The number of halogens is 1. The number of para-hydroxylation sites is 2. The maximum absolute atomic E-state index is 12.7. The predicted octanol–water partition coefficient (Wildman–Crippen LogP) is 4.28. The van der Waals surface area contributed by atoms with Gasteiger partial charge in [-0.1, -0.05) is 42.5 Å². The third-order valence-electron chi connectivity index (χ3n) is 3.61. The van der Waals surface area contributed by atoms with Gasteiger partial charge in [0.15, 0.2) is 0 Å². The van der Waals surface area contributed by atoms with E-state index in [-0.39, 0.29) is 18.7 Å². The summed E-state index contributed by atoms with van der Waals surface area (Å²) in [6, 6.07) is 17.1. The second-order valence-corrected chi connectivity index (χ2v) is 5.65. The Morgan fingerprint density at radius 3 is 2.39 bits per heavy atom. The van der Waals surface area contributed by atoms with Crippen LogP contribution in [0.3, 0.4) is 0 Å². The summed E-state index contributed by atoms with van der Waals surface area (Å²) in [6.07, 6.45) is 0.876. The fourth-order valence-electron chi connectivity index (χ4n) is 2.55. The van der Waals surface area contributed by atoms with Crippen LogP contribution in [0.25, 0.3) is 22.4 Å². The van der Waals surface area contributed by atoms with Crippen LogP contribution in [0.5, 0.6) is 0 Å². The van der Waals surface area contributed by atoms with Crippen LogP contribution in [-0.2, 0) is 4.79 Å². The maximum Gasteiger partial charge on any atom is 0.232 e. The monoisotopic (exact) mass is 326 g/mol. The van der Waals surface area contributed by atoms with Gasteiger partial charge in [0.1, 0.15) is 5.82 Å². The van der Waals surface area contributed by atoms with E-state index in [4.69, 9.17) is 11.6 Å². The van der Waals surface area contributed by atoms with Crippen LogP contribution in [0.2, 0.25) is 0 Å². The van der Waals surface area contributed by atoms with Gasteiger partial charge in [-0.15, -0.1) is 0 Å². The Bertz CT molecular complexity index is 856. The molecule has 4 nitrogen and oxygen atoms in total. The van der Waals surface area contributed by atoms with Gasteiger partial charge in [0.05, 0.1) is 11.0 Å². The molecule has 0 bridgehead atoms. The molecule has 0 unspecified atom stereocenters. The lowest BCUT2D eigenvalue weighted by molar-refractivity contribution is -0.111. The van der Waals surface area contributed by atoms with Crippen molar-refractivity contribution < 1.29 is 9.59 Å². The fraction of sp³-hybridized carbons (Fsp3) is 0.167. The second-order valence-electron chi connectivity index (χ2n) is 5.23.